The third-order valence-electron chi connectivity index (χ3n) is 2.75. The minimum absolute atomic E-state index is 0.0219. The molecule has 0 heterocycles. The van der Waals surface area contributed by atoms with Crippen LogP contribution in [0.15, 0.2) is 24.3 Å². The van der Waals surface area contributed by atoms with Crippen molar-refractivity contribution in [1.29, 1.82) is 0 Å². The van der Waals surface area contributed by atoms with E-state index in [1.807, 2.05) is 0 Å². The average Bonchev–Trinajstić information content (AvgIpc) is 3.22. The van der Waals surface area contributed by atoms with Gasteiger partial charge < -0.3 is 4.74 Å². The molecule has 0 spiro atoms. The summed E-state index contributed by atoms with van der Waals surface area (Å²) in [7, 11) is 0. The fraction of sp³-hybridized carbons (Fsp3) is 0.385. The molecule has 0 saturated heterocycles. The van der Waals surface area contributed by atoms with Gasteiger partial charge in [0.2, 0.25) is 5.91 Å². The fourth-order valence-electron chi connectivity index (χ4n) is 1.44. The van der Waals surface area contributed by atoms with Crippen molar-refractivity contribution < 1.29 is 18.7 Å². The molecule has 1 atom stereocenters. The number of hydrogen-bond donors (Lipinski definition) is 2. The van der Waals surface area contributed by atoms with E-state index >= 15 is 0 Å². The minimum atomic E-state index is -0.787. The molecule has 102 valence electrons. The standard InChI is InChI=1S/C13H15FN2O3/c1-8(19-11-6-4-10(14)5-7-11)12(17)15-16-13(18)9-2-3-9/h4-9H,2-3H2,1H3,(H,15,17)(H,16,18)/t8-/m1/s1. The van der Waals surface area contributed by atoms with Crippen molar-refractivity contribution in [1.82, 2.24) is 10.9 Å². The van der Waals surface area contributed by atoms with Crippen LogP contribution in [0.25, 0.3) is 0 Å². The zero-order valence-electron chi connectivity index (χ0n) is 10.5. The van der Waals surface area contributed by atoms with Crippen molar-refractivity contribution in [3.8, 4) is 5.75 Å². The lowest BCUT2D eigenvalue weighted by Crippen LogP contribution is -2.47. The maximum atomic E-state index is 12.7. The van der Waals surface area contributed by atoms with Gasteiger partial charge in [0.1, 0.15) is 11.6 Å². The number of halogens is 1. The summed E-state index contributed by atoms with van der Waals surface area (Å²) in [5.41, 5.74) is 4.64. The highest BCUT2D eigenvalue weighted by Crippen LogP contribution is 2.28. The Morgan fingerprint density at radius 3 is 2.47 bits per heavy atom. The molecule has 0 radical (unpaired) electrons. The van der Waals surface area contributed by atoms with Crippen molar-refractivity contribution in [2.75, 3.05) is 0 Å². The van der Waals surface area contributed by atoms with E-state index in [0.717, 1.165) is 12.8 Å². The number of nitrogens with one attached hydrogen (secondary N) is 2. The molecule has 1 aromatic rings. The molecule has 6 heteroatoms. The highest BCUT2D eigenvalue weighted by Gasteiger charge is 2.30. The fourth-order valence-corrected chi connectivity index (χ4v) is 1.44. The maximum absolute atomic E-state index is 12.7. The molecule has 19 heavy (non-hydrogen) atoms. The van der Waals surface area contributed by atoms with Gasteiger partial charge in [-0.15, -0.1) is 0 Å². The van der Waals surface area contributed by atoms with Crippen LogP contribution in [0.1, 0.15) is 19.8 Å². The molecule has 2 amide bonds. The molecule has 0 aliphatic heterocycles. The van der Waals surface area contributed by atoms with E-state index in [1.165, 1.54) is 24.3 Å². The van der Waals surface area contributed by atoms with Gasteiger partial charge in [0.25, 0.3) is 5.91 Å². The number of carbonyl (C=O) groups excluding carboxylic acids is 2. The number of hydrogen-bond acceptors (Lipinski definition) is 3. The monoisotopic (exact) mass is 266 g/mol. The first-order valence-electron chi connectivity index (χ1n) is 6.08. The summed E-state index contributed by atoms with van der Waals surface area (Å²) < 4.78 is 18.0. The van der Waals surface area contributed by atoms with Crippen molar-refractivity contribution >= 4 is 11.8 Å². The van der Waals surface area contributed by atoms with Crippen LogP contribution in [-0.2, 0) is 9.59 Å². The van der Waals surface area contributed by atoms with Gasteiger partial charge in [-0.25, -0.2) is 4.39 Å². The Kier molecular flexibility index (Phi) is 3.99. The van der Waals surface area contributed by atoms with Gasteiger partial charge in [0.15, 0.2) is 6.10 Å². The Balaban J connectivity index is 1.78. The normalized spacial score (nSPS) is 15.5. The second kappa shape index (κ2) is 5.69. The first kappa shape index (κ1) is 13.3. The molecule has 1 aliphatic rings. The second-order valence-electron chi connectivity index (χ2n) is 4.47. The van der Waals surface area contributed by atoms with Crippen LogP contribution in [0.2, 0.25) is 0 Å². The zero-order chi connectivity index (χ0) is 13.8. The van der Waals surface area contributed by atoms with Crippen molar-refractivity contribution in [2.24, 2.45) is 5.92 Å². The lowest BCUT2D eigenvalue weighted by molar-refractivity contribution is -0.133. The number of benzene rings is 1. The van der Waals surface area contributed by atoms with E-state index < -0.39 is 12.0 Å². The smallest absolute Gasteiger partial charge is 0.279 e. The van der Waals surface area contributed by atoms with Gasteiger partial charge in [-0.05, 0) is 44.0 Å². The molecule has 5 nitrogen and oxygen atoms in total. The summed E-state index contributed by atoms with van der Waals surface area (Å²) in [5, 5.41) is 0. The first-order chi connectivity index (χ1) is 9.06. The van der Waals surface area contributed by atoms with E-state index in [4.69, 9.17) is 4.74 Å². The summed E-state index contributed by atoms with van der Waals surface area (Å²) >= 11 is 0. The van der Waals surface area contributed by atoms with E-state index in [-0.39, 0.29) is 17.6 Å². The van der Waals surface area contributed by atoms with Crippen molar-refractivity contribution in [3.63, 3.8) is 0 Å². The predicted octanol–water partition coefficient (Wildman–Crippen LogP) is 1.15. The number of rotatable bonds is 4. The topological polar surface area (TPSA) is 67.4 Å². The number of hydrazine groups is 1. The lowest BCUT2D eigenvalue weighted by atomic mass is 10.3. The summed E-state index contributed by atoms with van der Waals surface area (Å²) in [4.78, 5) is 23.0. The first-order valence-corrected chi connectivity index (χ1v) is 6.08. The van der Waals surface area contributed by atoms with Crippen LogP contribution in [0.5, 0.6) is 5.75 Å². The molecule has 0 bridgehead atoms. The van der Waals surface area contributed by atoms with Crippen molar-refractivity contribution in [3.05, 3.63) is 30.1 Å². The molecule has 2 rings (SSSR count). The zero-order valence-corrected chi connectivity index (χ0v) is 10.5. The van der Waals surface area contributed by atoms with Crippen LogP contribution in [0.3, 0.4) is 0 Å². The average molecular weight is 266 g/mol. The number of ether oxygens (including phenoxy) is 1. The molecular formula is C13H15FN2O3. The lowest BCUT2D eigenvalue weighted by Gasteiger charge is -2.15. The Hall–Kier alpha value is -2.11. The number of amides is 2. The largest absolute Gasteiger partial charge is 0.481 e. The summed E-state index contributed by atoms with van der Waals surface area (Å²) in [5.74, 6) is -0.604. The summed E-state index contributed by atoms with van der Waals surface area (Å²) in [6.45, 7) is 1.54. The SMILES string of the molecule is C[C@@H](Oc1ccc(F)cc1)C(=O)NNC(=O)C1CC1. The molecule has 0 aromatic heterocycles. The highest BCUT2D eigenvalue weighted by atomic mass is 19.1. The molecule has 1 aromatic carbocycles. The summed E-state index contributed by atoms with van der Waals surface area (Å²) in [6.07, 6.45) is 0.942. The van der Waals surface area contributed by atoms with E-state index in [0.29, 0.717) is 5.75 Å². The van der Waals surface area contributed by atoms with Gasteiger partial charge in [-0.1, -0.05) is 0 Å². The van der Waals surface area contributed by atoms with Crippen LogP contribution in [0, 0.1) is 11.7 Å². The molecule has 2 N–H and O–H groups in total. The third-order valence-corrected chi connectivity index (χ3v) is 2.75. The second-order valence-corrected chi connectivity index (χ2v) is 4.47. The molecule has 1 aliphatic carbocycles. The molecular weight excluding hydrogens is 251 g/mol. The minimum Gasteiger partial charge on any atom is -0.481 e. The van der Waals surface area contributed by atoms with Crippen LogP contribution in [-0.4, -0.2) is 17.9 Å². The quantitative estimate of drug-likeness (QED) is 0.803. The van der Waals surface area contributed by atoms with Gasteiger partial charge in [-0.3, -0.25) is 20.4 Å². The Morgan fingerprint density at radius 2 is 1.89 bits per heavy atom. The molecule has 1 fully saturated rings. The molecule has 0 unspecified atom stereocenters. The van der Waals surface area contributed by atoms with Crippen molar-refractivity contribution in [2.45, 2.75) is 25.9 Å². The summed E-state index contributed by atoms with van der Waals surface area (Å²) in [6, 6.07) is 5.35. The van der Waals surface area contributed by atoms with Gasteiger partial charge in [0, 0.05) is 5.92 Å². The van der Waals surface area contributed by atoms with E-state index in [2.05, 4.69) is 10.9 Å². The maximum Gasteiger partial charge on any atom is 0.279 e. The Labute approximate surface area is 110 Å². The van der Waals surface area contributed by atoms with Gasteiger partial charge in [-0.2, -0.15) is 0 Å². The van der Waals surface area contributed by atoms with Gasteiger partial charge >= 0.3 is 0 Å². The van der Waals surface area contributed by atoms with Crippen LogP contribution in [0.4, 0.5) is 4.39 Å². The van der Waals surface area contributed by atoms with E-state index in [9.17, 15) is 14.0 Å². The van der Waals surface area contributed by atoms with E-state index in [1.54, 1.807) is 6.92 Å². The highest BCUT2D eigenvalue weighted by molar-refractivity contribution is 5.86. The third kappa shape index (κ3) is 3.94. The van der Waals surface area contributed by atoms with Gasteiger partial charge in [0.05, 0.1) is 0 Å². The van der Waals surface area contributed by atoms with Crippen LogP contribution >= 0.6 is 0 Å². The predicted molar refractivity (Wildman–Crippen MR) is 65.5 cm³/mol. The molecule has 1 saturated carbocycles. The Morgan fingerprint density at radius 1 is 1.26 bits per heavy atom. The van der Waals surface area contributed by atoms with Crippen LogP contribution < -0.4 is 15.6 Å². The Bertz CT molecular complexity index is 471. The number of carbonyl (C=O) groups is 2.